The van der Waals surface area contributed by atoms with Gasteiger partial charge in [-0.25, -0.2) is 14.2 Å². The molecule has 1 saturated heterocycles. The van der Waals surface area contributed by atoms with E-state index < -0.39 is 12.0 Å². The highest BCUT2D eigenvalue weighted by Crippen LogP contribution is 2.43. The third-order valence-electron chi connectivity index (χ3n) is 4.97. The summed E-state index contributed by atoms with van der Waals surface area (Å²) < 4.78 is 19.6. The molecule has 0 radical (unpaired) electrons. The highest BCUT2D eigenvalue weighted by atomic mass is 79.9. The summed E-state index contributed by atoms with van der Waals surface area (Å²) >= 11 is 4.87. The second-order valence-corrected chi connectivity index (χ2v) is 8.55. The Morgan fingerprint density at radius 1 is 1.48 bits per heavy atom. The summed E-state index contributed by atoms with van der Waals surface area (Å²) in [5.41, 5.74) is 1.88. The molecule has 2 aromatic rings. The predicted molar refractivity (Wildman–Crippen MR) is 111 cm³/mol. The quantitative estimate of drug-likeness (QED) is 0.662. The first kappa shape index (κ1) is 20.2. The second kappa shape index (κ2) is 8.33. The number of carbonyl (C=O) groups is 1. The SMILES string of the molecule is CCOC(=O)C1=C2C[C@@H](CO)CN2C(c2nccs2)=N[C@@H]1c1ccc(F)cc1Br. The normalized spacial score (nSPS) is 21.2. The molecule has 2 atom stereocenters. The van der Waals surface area contributed by atoms with Gasteiger partial charge in [-0.05, 0) is 31.0 Å². The van der Waals surface area contributed by atoms with Crippen molar-refractivity contribution in [3.05, 3.63) is 61.9 Å². The number of carbonyl (C=O) groups excluding carboxylic acids is 1. The minimum absolute atomic E-state index is 0.00611. The summed E-state index contributed by atoms with van der Waals surface area (Å²) in [6.07, 6.45) is 2.24. The number of ether oxygens (including phenoxy) is 1. The summed E-state index contributed by atoms with van der Waals surface area (Å²) in [4.78, 5) is 24.2. The molecule has 0 saturated carbocycles. The van der Waals surface area contributed by atoms with Gasteiger partial charge in [0.2, 0.25) is 0 Å². The van der Waals surface area contributed by atoms with Crippen molar-refractivity contribution in [2.45, 2.75) is 19.4 Å². The maximum atomic E-state index is 13.7. The Morgan fingerprint density at radius 3 is 2.97 bits per heavy atom. The van der Waals surface area contributed by atoms with Crippen molar-refractivity contribution >= 4 is 39.1 Å². The van der Waals surface area contributed by atoms with Crippen LogP contribution in [0.2, 0.25) is 0 Å². The number of hydrogen-bond acceptors (Lipinski definition) is 7. The third-order valence-corrected chi connectivity index (χ3v) is 6.43. The van der Waals surface area contributed by atoms with E-state index in [2.05, 4.69) is 20.9 Å². The maximum absolute atomic E-state index is 13.7. The second-order valence-electron chi connectivity index (χ2n) is 6.80. The van der Waals surface area contributed by atoms with Gasteiger partial charge in [0, 0.05) is 40.8 Å². The molecule has 3 heterocycles. The van der Waals surface area contributed by atoms with Crippen LogP contribution < -0.4 is 0 Å². The molecule has 6 nitrogen and oxygen atoms in total. The summed E-state index contributed by atoms with van der Waals surface area (Å²) in [6.45, 7) is 2.54. The van der Waals surface area contributed by atoms with Crippen LogP contribution >= 0.6 is 27.3 Å². The Bertz CT molecular complexity index is 993. The first-order valence-electron chi connectivity index (χ1n) is 9.24. The van der Waals surface area contributed by atoms with Crippen LogP contribution in [0.25, 0.3) is 0 Å². The van der Waals surface area contributed by atoms with Gasteiger partial charge in [-0.1, -0.05) is 22.0 Å². The van der Waals surface area contributed by atoms with Gasteiger partial charge in [-0.3, -0.25) is 4.99 Å². The largest absolute Gasteiger partial charge is 0.463 e. The van der Waals surface area contributed by atoms with E-state index in [1.54, 1.807) is 19.2 Å². The molecule has 1 aromatic carbocycles. The molecular formula is C20H19BrFN3O3S. The molecule has 9 heteroatoms. The fraction of sp³-hybridized carbons (Fsp3) is 0.350. The first-order chi connectivity index (χ1) is 14.0. The van der Waals surface area contributed by atoms with Gasteiger partial charge in [0.25, 0.3) is 0 Å². The molecule has 2 aliphatic rings. The Hall–Kier alpha value is -2.10. The van der Waals surface area contributed by atoms with Crippen LogP contribution in [0.3, 0.4) is 0 Å². The van der Waals surface area contributed by atoms with E-state index in [4.69, 9.17) is 9.73 Å². The molecule has 152 valence electrons. The van der Waals surface area contributed by atoms with E-state index in [0.717, 1.165) is 10.7 Å². The van der Waals surface area contributed by atoms with Gasteiger partial charge in [0.15, 0.2) is 10.8 Å². The molecule has 29 heavy (non-hydrogen) atoms. The zero-order valence-corrected chi connectivity index (χ0v) is 18.0. The lowest BCUT2D eigenvalue weighted by atomic mass is 9.94. The van der Waals surface area contributed by atoms with Crippen molar-refractivity contribution in [2.24, 2.45) is 10.9 Å². The monoisotopic (exact) mass is 479 g/mol. The van der Waals surface area contributed by atoms with Crippen LogP contribution in [0.15, 0.2) is 50.5 Å². The van der Waals surface area contributed by atoms with Crippen LogP contribution in [0.4, 0.5) is 4.39 Å². The number of aliphatic hydroxyl groups excluding tert-OH is 1. The van der Waals surface area contributed by atoms with E-state index in [1.165, 1.54) is 23.5 Å². The van der Waals surface area contributed by atoms with Crippen molar-refractivity contribution < 1.29 is 19.0 Å². The Kier molecular flexibility index (Phi) is 5.80. The Labute approximate surface area is 179 Å². The molecule has 4 rings (SSSR count). The molecule has 0 unspecified atom stereocenters. The van der Waals surface area contributed by atoms with Gasteiger partial charge in [0.1, 0.15) is 11.9 Å². The van der Waals surface area contributed by atoms with Crippen molar-refractivity contribution in [1.29, 1.82) is 0 Å². The summed E-state index contributed by atoms with van der Waals surface area (Å²) in [7, 11) is 0. The number of halogens is 2. The van der Waals surface area contributed by atoms with Crippen LogP contribution in [0.1, 0.15) is 30.0 Å². The van der Waals surface area contributed by atoms with Gasteiger partial charge < -0.3 is 14.7 Å². The smallest absolute Gasteiger partial charge is 0.338 e. The molecule has 0 amide bonds. The van der Waals surface area contributed by atoms with E-state index in [1.807, 2.05) is 10.3 Å². The molecule has 1 N–H and O–H groups in total. The lowest BCUT2D eigenvalue weighted by Crippen LogP contribution is -2.35. The number of aliphatic hydroxyl groups is 1. The molecule has 1 fully saturated rings. The summed E-state index contributed by atoms with van der Waals surface area (Å²) in [6, 6.07) is 3.68. The predicted octanol–water partition coefficient (Wildman–Crippen LogP) is 3.68. The number of allylic oxidation sites excluding steroid dienone is 1. The number of hydrogen-bond donors (Lipinski definition) is 1. The number of esters is 1. The molecule has 0 spiro atoms. The minimum atomic E-state index is -0.661. The van der Waals surface area contributed by atoms with Crippen molar-refractivity contribution in [1.82, 2.24) is 9.88 Å². The molecule has 0 aliphatic carbocycles. The molecule has 2 aliphatic heterocycles. The lowest BCUT2D eigenvalue weighted by molar-refractivity contribution is -0.139. The van der Waals surface area contributed by atoms with Gasteiger partial charge in [-0.2, -0.15) is 0 Å². The van der Waals surface area contributed by atoms with Crippen molar-refractivity contribution in [3.8, 4) is 0 Å². The Balaban J connectivity index is 1.91. The molecular weight excluding hydrogens is 461 g/mol. The maximum Gasteiger partial charge on any atom is 0.338 e. The van der Waals surface area contributed by atoms with Crippen LogP contribution in [0, 0.1) is 11.7 Å². The number of fused-ring (bicyclic) bond motifs is 1. The van der Waals surface area contributed by atoms with Crippen LogP contribution in [0.5, 0.6) is 0 Å². The number of thiazole rings is 1. The average molecular weight is 480 g/mol. The minimum Gasteiger partial charge on any atom is -0.463 e. The average Bonchev–Trinajstić information content (AvgIpc) is 3.37. The summed E-state index contributed by atoms with van der Waals surface area (Å²) in [5, 5.41) is 12.3. The zero-order chi connectivity index (χ0) is 20.5. The van der Waals surface area contributed by atoms with Gasteiger partial charge >= 0.3 is 5.97 Å². The third kappa shape index (κ3) is 3.74. The van der Waals surface area contributed by atoms with Gasteiger partial charge in [-0.15, -0.1) is 11.3 Å². The standard InChI is InChI=1S/C20H19BrFN3O3S/c1-2-28-20(27)16-15-7-11(10-26)9-25(15)18(19-23-5-6-29-19)24-17(16)13-4-3-12(22)8-14(13)21/h3-6,8,11,17,26H,2,7,9-10H2,1H3/t11-,17-/m1/s1. The highest BCUT2D eigenvalue weighted by Gasteiger charge is 2.42. The van der Waals surface area contributed by atoms with E-state index in [-0.39, 0.29) is 24.9 Å². The summed E-state index contributed by atoms with van der Waals surface area (Å²) in [5.74, 6) is -0.196. The van der Waals surface area contributed by atoms with Crippen LogP contribution in [-0.2, 0) is 9.53 Å². The van der Waals surface area contributed by atoms with E-state index >= 15 is 0 Å². The zero-order valence-electron chi connectivity index (χ0n) is 15.6. The fourth-order valence-corrected chi connectivity index (χ4v) is 4.92. The fourth-order valence-electron chi connectivity index (χ4n) is 3.71. The highest BCUT2D eigenvalue weighted by molar-refractivity contribution is 9.10. The Morgan fingerprint density at radius 2 is 2.31 bits per heavy atom. The topological polar surface area (TPSA) is 75.0 Å². The first-order valence-corrected chi connectivity index (χ1v) is 10.9. The lowest BCUT2D eigenvalue weighted by Gasteiger charge is -2.32. The van der Waals surface area contributed by atoms with E-state index in [9.17, 15) is 14.3 Å². The molecule has 1 aromatic heterocycles. The van der Waals surface area contributed by atoms with E-state index in [0.29, 0.717) is 34.4 Å². The van der Waals surface area contributed by atoms with Gasteiger partial charge in [0.05, 0.1) is 12.2 Å². The van der Waals surface area contributed by atoms with Crippen LogP contribution in [-0.4, -0.2) is 46.6 Å². The number of rotatable bonds is 5. The molecule has 0 bridgehead atoms. The number of nitrogens with zero attached hydrogens (tertiary/aromatic N) is 3. The number of benzene rings is 1. The van der Waals surface area contributed by atoms with Crippen molar-refractivity contribution in [3.63, 3.8) is 0 Å². The number of amidine groups is 1. The number of aromatic nitrogens is 1. The number of aliphatic imine (C=N–C) groups is 1. The van der Waals surface area contributed by atoms with Crippen molar-refractivity contribution in [2.75, 3.05) is 19.8 Å².